The molecule has 1 spiro atoms. The van der Waals surface area contributed by atoms with E-state index in [1.165, 1.54) is 11.8 Å². The van der Waals surface area contributed by atoms with E-state index in [9.17, 15) is 14.4 Å². The number of nitrogens with zero attached hydrogens (tertiary/aromatic N) is 1. The van der Waals surface area contributed by atoms with Crippen LogP contribution < -0.4 is 15.4 Å². The van der Waals surface area contributed by atoms with Gasteiger partial charge in [-0.15, -0.1) is 0 Å². The third-order valence-electron chi connectivity index (χ3n) is 5.89. The maximum atomic E-state index is 13.1. The first-order valence-electron chi connectivity index (χ1n) is 11.0. The number of ether oxygens (including phenoxy) is 2. The maximum absolute atomic E-state index is 13.1. The second-order valence-corrected chi connectivity index (χ2v) is 9.32. The molecule has 8 nitrogen and oxygen atoms in total. The van der Waals surface area contributed by atoms with Crippen molar-refractivity contribution in [2.45, 2.75) is 30.9 Å². The van der Waals surface area contributed by atoms with Crippen LogP contribution in [0.25, 0.3) is 0 Å². The molecule has 172 valence electrons. The Labute approximate surface area is 192 Å². The number of hydrogen-bond donors (Lipinski definition) is 2. The van der Waals surface area contributed by atoms with Gasteiger partial charge in [0.05, 0.1) is 25.7 Å². The zero-order valence-electron chi connectivity index (χ0n) is 18.0. The topological polar surface area (TPSA) is 97.0 Å². The Balaban J connectivity index is 1.42. The molecule has 0 saturated carbocycles. The van der Waals surface area contributed by atoms with Crippen molar-refractivity contribution in [1.29, 1.82) is 0 Å². The summed E-state index contributed by atoms with van der Waals surface area (Å²) in [6.07, 6.45) is 5.78. The number of para-hydroxylation sites is 1. The molecule has 0 aliphatic carbocycles. The van der Waals surface area contributed by atoms with Gasteiger partial charge in [0.2, 0.25) is 11.0 Å². The van der Waals surface area contributed by atoms with Crippen LogP contribution in [-0.4, -0.2) is 78.6 Å². The first-order chi connectivity index (χ1) is 15.6. The molecular formula is C23H29N3O5S. The van der Waals surface area contributed by atoms with E-state index in [4.69, 9.17) is 9.47 Å². The molecular weight excluding hydrogens is 430 g/mol. The third-order valence-corrected chi connectivity index (χ3v) is 6.90. The number of carbonyl (C=O) groups excluding carboxylic acids is 3. The van der Waals surface area contributed by atoms with Crippen LogP contribution in [0.4, 0.5) is 0 Å². The molecule has 9 heteroatoms. The van der Waals surface area contributed by atoms with E-state index in [0.29, 0.717) is 52.1 Å². The summed E-state index contributed by atoms with van der Waals surface area (Å²) in [4.78, 5) is 39.3. The van der Waals surface area contributed by atoms with Crippen LogP contribution in [0, 0.1) is 0 Å². The Morgan fingerprint density at radius 3 is 2.97 bits per heavy atom. The highest BCUT2D eigenvalue weighted by Gasteiger charge is 2.43. The van der Waals surface area contributed by atoms with Gasteiger partial charge < -0.3 is 20.1 Å². The van der Waals surface area contributed by atoms with Crippen molar-refractivity contribution in [2.75, 3.05) is 45.1 Å². The summed E-state index contributed by atoms with van der Waals surface area (Å²) >= 11 is 1.26. The van der Waals surface area contributed by atoms with Gasteiger partial charge in [0.25, 0.3) is 5.91 Å². The molecule has 2 saturated heterocycles. The highest BCUT2D eigenvalue weighted by Crippen LogP contribution is 2.25. The van der Waals surface area contributed by atoms with Crippen LogP contribution in [-0.2, 0) is 25.5 Å². The van der Waals surface area contributed by atoms with Crippen molar-refractivity contribution in [3.05, 3.63) is 42.0 Å². The second-order valence-electron chi connectivity index (χ2n) is 8.22. The molecule has 3 aliphatic rings. The number of benzene rings is 1. The minimum Gasteiger partial charge on any atom is -0.491 e. The minimum atomic E-state index is -1.06. The van der Waals surface area contributed by atoms with E-state index in [1.54, 1.807) is 0 Å². The van der Waals surface area contributed by atoms with Gasteiger partial charge in [-0.2, -0.15) is 0 Å². The number of fused-ring (bicyclic) bond motifs is 1. The van der Waals surface area contributed by atoms with Crippen LogP contribution in [0.15, 0.2) is 36.4 Å². The molecule has 32 heavy (non-hydrogen) atoms. The van der Waals surface area contributed by atoms with Crippen molar-refractivity contribution < 1.29 is 23.9 Å². The summed E-state index contributed by atoms with van der Waals surface area (Å²) in [5.41, 5.74) is 0.0273. The van der Waals surface area contributed by atoms with E-state index in [1.807, 2.05) is 41.3 Å². The molecule has 2 fully saturated rings. The smallest absolute Gasteiger partial charge is 0.254 e. The molecule has 0 bridgehead atoms. The van der Waals surface area contributed by atoms with Crippen LogP contribution in [0.2, 0.25) is 0 Å². The molecule has 1 aromatic rings. The summed E-state index contributed by atoms with van der Waals surface area (Å²) in [6.45, 7) is 2.07. The molecule has 2 N–H and O–H groups in total. The predicted octanol–water partition coefficient (Wildman–Crippen LogP) is 0.903. The Hall–Kier alpha value is -2.36. The summed E-state index contributed by atoms with van der Waals surface area (Å²) in [6, 6.07) is 7.48. The normalized spacial score (nSPS) is 28.1. The van der Waals surface area contributed by atoms with E-state index in [-0.39, 0.29) is 23.5 Å². The van der Waals surface area contributed by atoms with E-state index >= 15 is 0 Å². The monoisotopic (exact) mass is 459 g/mol. The SMILES string of the molecule is O=C(CN1CCOC2(C/C=C/Cc3ccccc3OCCNC2=O)C1)NC1CCSC1=O. The fourth-order valence-corrected chi connectivity index (χ4v) is 5.13. The second kappa shape index (κ2) is 10.5. The molecule has 1 aromatic carbocycles. The lowest BCUT2D eigenvalue weighted by molar-refractivity contribution is -0.161. The number of allylic oxidation sites excluding steroid dienone is 1. The van der Waals surface area contributed by atoms with Crippen molar-refractivity contribution in [3.63, 3.8) is 0 Å². The van der Waals surface area contributed by atoms with Gasteiger partial charge in [0.15, 0.2) is 5.60 Å². The largest absolute Gasteiger partial charge is 0.491 e. The molecule has 3 heterocycles. The van der Waals surface area contributed by atoms with Crippen molar-refractivity contribution in [1.82, 2.24) is 15.5 Å². The van der Waals surface area contributed by atoms with Gasteiger partial charge in [0.1, 0.15) is 12.4 Å². The third kappa shape index (κ3) is 5.51. The maximum Gasteiger partial charge on any atom is 0.254 e. The number of thioether (sulfide) groups is 1. The first-order valence-corrected chi connectivity index (χ1v) is 12.0. The van der Waals surface area contributed by atoms with Crippen LogP contribution >= 0.6 is 11.8 Å². The van der Waals surface area contributed by atoms with Gasteiger partial charge in [-0.05, 0) is 24.5 Å². The Bertz CT molecular complexity index is 892. The summed E-state index contributed by atoms with van der Waals surface area (Å²) < 4.78 is 11.9. The zero-order valence-corrected chi connectivity index (χ0v) is 18.8. The lowest BCUT2D eigenvalue weighted by atomic mass is 9.94. The molecule has 0 radical (unpaired) electrons. The summed E-state index contributed by atoms with van der Waals surface area (Å²) in [5, 5.41) is 5.77. The van der Waals surface area contributed by atoms with Gasteiger partial charge in [0, 0.05) is 25.3 Å². The highest BCUT2D eigenvalue weighted by molar-refractivity contribution is 8.14. The van der Waals surface area contributed by atoms with Crippen LogP contribution in [0.3, 0.4) is 0 Å². The molecule has 2 amide bonds. The van der Waals surface area contributed by atoms with Crippen LogP contribution in [0.5, 0.6) is 5.75 Å². The fourth-order valence-electron chi connectivity index (χ4n) is 4.20. The Kier molecular flexibility index (Phi) is 7.49. The van der Waals surface area contributed by atoms with E-state index < -0.39 is 11.6 Å². The number of carbonyl (C=O) groups is 3. The minimum absolute atomic E-state index is 0.0180. The average Bonchev–Trinajstić information content (AvgIpc) is 3.18. The van der Waals surface area contributed by atoms with E-state index in [2.05, 4.69) is 10.6 Å². The fraction of sp³-hybridized carbons (Fsp3) is 0.522. The standard InChI is InChI=1S/C23H29N3O5S/c27-20(25-18-8-14-32-21(18)28)15-26-11-13-31-23(16-26)9-4-3-6-17-5-1-2-7-19(17)30-12-10-24-22(23)29/h1-5,7,18H,6,8-16H2,(H,24,29)(H,25,27)/b4-3+. The highest BCUT2D eigenvalue weighted by atomic mass is 32.2. The molecule has 0 aromatic heterocycles. The number of rotatable bonds is 3. The summed E-state index contributed by atoms with van der Waals surface area (Å²) in [5.74, 6) is 1.17. The lowest BCUT2D eigenvalue weighted by Gasteiger charge is -2.41. The Morgan fingerprint density at radius 1 is 1.25 bits per heavy atom. The molecule has 2 atom stereocenters. The molecule has 2 unspecified atom stereocenters. The van der Waals surface area contributed by atoms with Crippen LogP contribution in [0.1, 0.15) is 18.4 Å². The number of morpholine rings is 1. The lowest BCUT2D eigenvalue weighted by Crippen LogP contribution is -2.61. The first kappa shape index (κ1) is 22.8. The van der Waals surface area contributed by atoms with Gasteiger partial charge in [-0.25, -0.2) is 0 Å². The predicted molar refractivity (Wildman–Crippen MR) is 122 cm³/mol. The van der Waals surface area contributed by atoms with Crippen molar-refractivity contribution >= 4 is 28.7 Å². The number of amides is 2. The van der Waals surface area contributed by atoms with Gasteiger partial charge in [-0.3, -0.25) is 19.3 Å². The molecule has 4 rings (SSSR count). The molecule has 3 aliphatic heterocycles. The summed E-state index contributed by atoms with van der Waals surface area (Å²) in [7, 11) is 0. The average molecular weight is 460 g/mol. The van der Waals surface area contributed by atoms with Gasteiger partial charge >= 0.3 is 0 Å². The van der Waals surface area contributed by atoms with E-state index in [0.717, 1.165) is 17.1 Å². The van der Waals surface area contributed by atoms with Crippen molar-refractivity contribution in [2.24, 2.45) is 0 Å². The zero-order chi connectivity index (χ0) is 22.4. The Morgan fingerprint density at radius 2 is 2.12 bits per heavy atom. The number of hydrogen-bond acceptors (Lipinski definition) is 7. The van der Waals surface area contributed by atoms with Crippen molar-refractivity contribution in [3.8, 4) is 5.75 Å². The number of nitrogens with one attached hydrogen (secondary N) is 2. The van der Waals surface area contributed by atoms with Gasteiger partial charge in [-0.1, -0.05) is 42.1 Å². The quantitative estimate of drug-likeness (QED) is 0.649.